The maximum absolute atomic E-state index is 13.6. The summed E-state index contributed by atoms with van der Waals surface area (Å²) in [5.74, 6) is -0.457. The summed E-state index contributed by atoms with van der Waals surface area (Å²) in [6, 6.07) is 10.8. The maximum Gasteiger partial charge on any atom is 0.142 e. The topological polar surface area (TPSA) is 12.0 Å². The fourth-order valence-corrected chi connectivity index (χ4v) is 3.21. The van der Waals surface area contributed by atoms with Crippen molar-refractivity contribution in [3.63, 3.8) is 0 Å². The molecule has 0 fully saturated rings. The van der Waals surface area contributed by atoms with Crippen LogP contribution in [0, 0.1) is 5.82 Å². The Labute approximate surface area is 142 Å². The number of hydrogen-bond donors (Lipinski definition) is 1. The van der Waals surface area contributed by atoms with Gasteiger partial charge in [-0.05, 0) is 43.7 Å². The standard InChI is InChI=1S/C16H15BrCl2FN/c1-9(11-3-5-12(17)6-4-11)21-10(2)15-13(18)7-8-14(20)16(15)19/h3-10,21H,1-2H3/t9-,10?/m1/s1. The quantitative estimate of drug-likeness (QED) is 0.603. The Bertz CT molecular complexity index is 631. The molecule has 2 rings (SSSR count). The van der Waals surface area contributed by atoms with Crippen LogP contribution in [0.15, 0.2) is 40.9 Å². The lowest BCUT2D eigenvalue weighted by Gasteiger charge is -2.22. The van der Waals surface area contributed by atoms with Gasteiger partial charge in [-0.25, -0.2) is 4.39 Å². The molecule has 0 saturated carbocycles. The predicted molar refractivity (Wildman–Crippen MR) is 90.5 cm³/mol. The van der Waals surface area contributed by atoms with Crippen LogP contribution in [0.3, 0.4) is 0 Å². The SMILES string of the molecule is CC(N[C@H](C)c1ccc(Br)cc1)c1c(Cl)ccc(F)c1Cl. The third-order valence-corrected chi connectivity index (χ3v) is 4.62. The van der Waals surface area contributed by atoms with Crippen molar-refractivity contribution in [2.24, 2.45) is 0 Å². The monoisotopic (exact) mass is 389 g/mol. The Balaban J connectivity index is 2.20. The van der Waals surface area contributed by atoms with Gasteiger partial charge in [0.1, 0.15) is 5.82 Å². The highest BCUT2D eigenvalue weighted by Crippen LogP contribution is 2.33. The Morgan fingerprint density at radius 2 is 1.62 bits per heavy atom. The summed E-state index contributed by atoms with van der Waals surface area (Å²) in [6.45, 7) is 3.96. The lowest BCUT2D eigenvalue weighted by Crippen LogP contribution is -2.23. The number of rotatable bonds is 4. The van der Waals surface area contributed by atoms with Crippen LogP contribution in [0.2, 0.25) is 10.0 Å². The second-order valence-corrected chi connectivity index (χ2v) is 6.62. The first-order valence-corrected chi connectivity index (χ1v) is 8.10. The number of hydrogen-bond acceptors (Lipinski definition) is 1. The zero-order chi connectivity index (χ0) is 15.6. The van der Waals surface area contributed by atoms with E-state index in [1.165, 1.54) is 12.1 Å². The molecular formula is C16H15BrCl2FN. The van der Waals surface area contributed by atoms with Crippen molar-refractivity contribution >= 4 is 39.1 Å². The number of halogens is 4. The van der Waals surface area contributed by atoms with E-state index in [1.807, 2.05) is 38.1 Å². The minimum Gasteiger partial charge on any atom is -0.304 e. The van der Waals surface area contributed by atoms with Gasteiger partial charge in [0, 0.05) is 27.1 Å². The van der Waals surface area contributed by atoms with Crippen LogP contribution in [-0.2, 0) is 0 Å². The van der Waals surface area contributed by atoms with Crippen LogP contribution in [0.25, 0.3) is 0 Å². The first-order valence-electron chi connectivity index (χ1n) is 6.55. The maximum atomic E-state index is 13.6. The second-order valence-electron chi connectivity index (χ2n) is 4.92. The van der Waals surface area contributed by atoms with Crippen molar-refractivity contribution in [2.45, 2.75) is 25.9 Å². The smallest absolute Gasteiger partial charge is 0.142 e. The van der Waals surface area contributed by atoms with E-state index in [4.69, 9.17) is 23.2 Å². The third-order valence-electron chi connectivity index (χ3n) is 3.38. The van der Waals surface area contributed by atoms with Gasteiger partial charge in [-0.15, -0.1) is 0 Å². The summed E-state index contributed by atoms with van der Waals surface area (Å²) >= 11 is 15.6. The first kappa shape index (κ1) is 16.8. The van der Waals surface area contributed by atoms with Crippen LogP contribution >= 0.6 is 39.1 Å². The van der Waals surface area contributed by atoms with Crippen molar-refractivity contribution < 1.29 is 4.39 Å². The van der Waals surface area contributed by atoms with E-state index < -0.39 is 5.82 Å². The molecule has 0 aromatic heterocycles. The van der Waals surface area contributed by atoms with Crippen molar-refractivity contribution in [3.05, 3.63) is 67.9 Å². The molecule has 21 heavy (non-hydrogen) atoms. The van der Waals surface area contributed by atoms with E-state index in [9.17, 15) is 4.39 Å². The number of nitrogens with one attached hydrogen (secondary N) is 1. The van der Waals surface area contributed by atoms with Gasteiger partial charge >= 0.3 is 0 Å². The molecule has 0 aliphatic carbocycles. The molecule has 1 unspecified atom stereocenters. The Hall–Kier alpha value is -0.610. The molecule has 0 aliphatic rings. The molecule has 112 valence electrons. The van der Waals surface area contributed by atoms with Gasteiger partial charge in [0.25, 0.3) is 0 Å². The Morgan fingerprint density at radius 3 is 2.24 bits per heavy atom. The van der Waals surface area contributed by atoms with Crippen molar-refractivity contribution in [1.82, 2.24) is 5.32 Å². The van der Waals surface area contributed by atoms with Gasteiger partial charge in [-0.1, -0.05) is 51.3 Å². The highest BCUT2D eigenvalue weighted by molar-refractivity contribution is 9.10. The molecule has 0 amide bonds. The normalized spacial score (nSPS) is 14.0. The summed E-state index contributed by atoms with van der Waals surface area (Å²) < 4.78 is 14.6. The predicted octanol–water partition coefficient (Wildman–Crippen LogP) is 6.31. The highest BCUT2D eigenvalue weighted by atomic mass is 79.9. The van der Waals surface area contributed by atoms with Crippen LogP contribution in [0.4, 0.5) is 4.39 Å². The second kappa shape index (κ2) is 7.10. The minimum atomic E-state index is -0.457. The third kappa shape index (κ3) is 3.98. The van der Waals surface area contributed by atoms with Gasteiger partial charge in [0.2, 0.25) is 0 Å². The van der Waals surface area contributed by atoms with E-state index in [2.05, 4.69) is 21.2 Å². The largest absolute Gasteiger partial charge is 0.304 e. The fourth-order valence-electron chi connectivity index (χ4n) is 2.25. The van der Waals surface area contributed by atoms with Crippen molar-refractivity contribution in [1.29, 1.82) is 0 Å². The average Bonchev–Trinajstić information content (AvgIpc) is 2.44. The lowest BCUT2D eigenvalue weighted by atomic mass is 10.0. The van der Waals surface area contributed by atoms with Crippen LogP contribution in [0.5, 0.6) is 0 Å². The summed E-state index contributed by atoms with van der Waals surface area (Å²) in [7, 11) is 0. The van der Waals surface area contributed by atoms with E-state index in [-0.39, 0.29) is 17.1 Å². The van der Waals surface area contributed by atoms with Gasteiger partial charge in [-0.2, -0.15) is 0 Å². The van der Waals surface area contributed by atoms with E-state index in [0.717, 1.165) is 10.0 Å². The molecule has 2 atom stereocenters. The van der Waals surface area contributed by atoms with Crippen LogP contribution in [-0.4, -0.2) is 0 Å². The average molecular weight is 391 g/mol. The molecule has 0 aliphatic heterocycles. The van der Waals surface area contributed by atoms with Crippen LogP contribution < -0.4 is 5.32 Å². The molecule has 1 nitrogen and oxygen atoms in total. The molecule has 0 saturated heterocycles. The lowest BCUT2D eigenvalue weighted by molar-refractivity contribution is 0.492. The number of benzene rings is 2. The van der Waals surface area contributed by atoms with E-state index in [0.29, 0.717) is 10.6 Å². The molecule has 0 spiro atoms. The molecule has 1 N–H and O–H groups in total. The Kier molecular flexibility index (Phi) is 5.67. The van der Waals surface area contributed by atoms with Crippen molar-refractivity contribution in [2.75, 3.05) is 0 Å². The Morgan fingerprint density at radius 1 is 1.00 bits per heavy atom. The molecule has 0 bridgehead atoms. The minimum absolute atomic E-state index is 0.0745. The van der Waals surface area contributed by atoms with Crippen LogP contribution in [0.1, 0.15) is 37.1 Å². The zero-order valence-corrected chi connectivity index (χ0v) is 14.7. The van der Waals surface area contributed by atoms with Gasteiger partial charge in [0.05, 0.1) is 5.02 Å². The summed E-state index contributed by atoms with van der Waals surface area (Å²) in [5.41, 5.74) is 1.72. The van der Waals surface area contributed by atoms with Gasteiger partial charge in [-0.3, -0.25) is 0 Å². The molecular weight excluding hydrogens is 376 g/mol. The van der Waals surface area contributed by atoms with Gasteiger partial charge in [0.15, 0.2) is 0 Å². The molecule has 5 heteroatoms. The highest BCUT2D eigenvalue weighted by Gasteiger charge is 2.19. The van der Waals surface area contributed by atoms with Gasteiger partial charge < -0.3 is 5.32 Å². The van der Waals surface area contributed by atoms with E-state index >= 15 is 0 Å². The summed E-state index contributed by atoms with van der Waals surface area (Å²) in [5, 5.41) is 3.93. The molecule has 0 heterocycles. The summed E-state index contributed by atoms with van der Waals surface area (Å²) in [6.07, 6.45) is 0. The van der Waals surface area contributed by atoms with Crippen molar-refractivity contribution in [3.8, 4) is 0 Å². The first-order chi connectivity index (χ1) is 9.90. The van der Waals surface area contributed by atoms with E-state index in [1.54, 1.807) is 0 Å². The molecule has 2 aromatic rings. The zero-order valence-electron chi connectivity index (χ0n) is 11.6. The fraction of sp³-hybridized carbons (Fsp3) is 0.250. The molecule has 0 radical (unpaired) electrons. The summed E-state index contributed by atoms with van der Waals surface area (Å²) in [4.78, 5) is 0. The molecule has 2 aromatic carbocycles.